The predicted molar refractivity (Wildman–Crippen MR) is 117 cm³/mol. The molecule has 1 heterocycles. The Kier molecular flexibility index (Phi) is 6.16. The van der Waals surface area contributed by atoms with Gasteiger partial charge in [0.05, 0.1) is 4.90 Å². The lowest BCUT2D eigenvalue weighted by molar-refractivity contribution is 0.0697. The second-order valence-electron chi connectivity index (χ2n) is 7.43. The molecule has 1 amide bonds. The van der Waals surface area contributed by atoms with Crippen molar-refractivity contribution in [1.82, 2.24) is 9.21 Å². The van der Waals surface area contributed by atoms with E-state index in [9.17, 15) is 22.4 Å². The van der Waals surface area contributed by atoms with Gasteiger partial charge in [0.2, 0.25) is 10.0 Å². The normalized spacial score (nSPS) is 14.8. The van der Waals surface area contributed by atoms with E-state index in [1.165, 1.54) is 22.5 Å². The minimum atomic E-state index is -3.82. The summed E-state index contributed by atoms with van der Waals surface area (Å²) in [5.74, 6) is -0.971. The van der Waals surface area contributed by atoms with Crippen molar-refractivity contribution in [3.63, 3.8) is 0 Å². The maximum absolute atomic E-state index is 13.4. The lowest BCUT2D eigenvalue weighted by atomic mass is 10.0. The molecule has 0 aromatic heterocycles. The number of carbonyl (C=O) groups excluding carboxylic acids is 2. The van der Waals surface area contributed by atoms with Crippen molar-refractivity contribution >= 4 is 21.7 Å². The van der Waals surface area contributed by atoms with E-state index in [2.05, 4.69) is 0 Å². The van der Waals surface area contributed by atoms with Gasteiger partial charge in [0.15, 0.2) is 5.78 Å². The Balaban J connectivity index is 1.41. The first kappa shape index (κ1) is 21.9. The molecule has 0 spiro atoms. The smallest absolute Gasteiger partial charge is 0.253 e. The van der Waals surface area contributed by atoms with Gasteiger partial charge >= 0.3 is 0 Å². The van der Waals surface area contributed by atoms with Crippen LogP contribution < -0.4 is 0 Å². The quantitative estimate of drug-likeness (QED) is 0.557. The van der Waals surface area contributed by atoms with Gasteiger partial charge in [-0.3, -0.25) is 9.59 Å². The van der Waals surface area contributed by atoms with Gasteiger partial charge in [-0.2, -0.15) is 4.31 Å². The van der Waals surface area contributed by atoms with Crippen LogP contribution in [0.4, 0.5) is 4.39 Å². The van der Waals surface area contributed by atoms with Crippen molar-refractivity contribution < 1.29 is 22.4 Å². The SMILES string of the molecule is O=C(c1ccccc1)c1ccc(C(=O)N2CCN(S(=O)(=O)c3cccc(F)c3)CC2)cc1. The van der Waals surface area contributed by atoms with E-state index in [1.54, 1.807) is 53.4 Å². The van der Waals surface area contributed by atoms with Gasteiger partial charge in [0.1, 0.15) is 5.82 Å². The highest BCUT2D eigenvalue weighted by molar-refractivity contribution is 7.89. The first-order valence-electron chi connectivity index (χ1n) is 10.1. The van der Waals surface area contributed by atoms with E-state index in [0.717, 1.165) is 6.07 Å². The Bertz CT molecular complexity index is 1240. The lowest BCUT2D eigenvalue weighted by Gasteiger charge is -2.34. The molecule has 3 aromatic carbocycles. The fraction of sp³-hybridized carbons (Fsp3) is 0.167. The molecule has 0 bridgehead atoms. The molecule has 1 fully saturated rings. The Morgan fingerprint density at radius 2 is 1.31 bits per heavy atom. The first-order chi connectivity index (χ1) is 15.4. The highest BCUT2D eigenvalue weighted by Gasteiger charge is 2.30. The summed E-state index contributed by atoms with van der Waals surface area (Å²) >= 11 is 0. The molecule has 0 unspecified atom stereocenters. The predicted octanol–water partition coefficient (Wildman–Crippen LogP) is 3.20. The number of amides is 1. The summed E-state index contributed by atoms with van der Waals surface area (Å²) in [7, 11) is -3.82. The molecule has 0 aliphatic carbocycles. The summed E-state index contributed by atoms with van der Waals surface area (Å²) in [5, 5.41) is 0. The molecule has 32 heavy (non-hydrogen) atoms. The molecule has 4 rings (SSSR count). The summed E-state index contributed by atoms with van der Waals surface area (Å²) in [4.78, 5) is 26.8. The number of nitrogens with zero attached hydrogens (tertiary/aromatic N) is 2. The van der Waals surface area contributed by atoms with Crippen LogP contribution in [0, 0.1) is 5.82 Å². The average Bonchev–Trinajstić information content (AvgIpc) is 2.84. The number of hydrogen-bond acceptors (Lipinski definition) is 4. The van der Waals surface area contributed by atoms with Crippen LogP contribution in [0.2, 0.25) is 0 Å². The molecule has 0 N–H and O–H groups in total. The third-order valence-corrected chi connectivity index (χ3v) is 7.28. The van der Waals surface area contributed by atoms with E-state index in [1.807, 2.05) is 6.07 Å². The molecule has 8 heteroatoms. The zero-order chi connectivity index (χ0) is 22.7. The van der Waals surface area contributed by atoms with E-state index in [0.29, 0.717) is 16.7 Å². The summed E-state index contributed by atoms with van der Waals surface area (Å²) in [5.41, 5.74) is 1.48. The Morgan fingerprint density at radius 1 is 0.719 bits per heavy atom. The molecule has 0 saturated carbocycles. The van der Waals surface area contributed by atoms with E-state index in [-0.39, 0.29) is 42.8 Å². The molecule has 1 saturated heterocycles. The fourth-order valence-corrected chi connectivity index (χ4v) is 5.07. The number of sulfonamides is 1. The maximum Gasteiger partial charge on any atom is 0.253 e. The largest absolute Gasteiger partial charge is 0.336 e. The van der Waals surface area contributed by atoms with Gasteiger partial charge in [-0.05, 0) is 30.3 Å². The van der Waals surface area contributed by atoms with Crippen molar-refractivity contribution in [3.05, 3.63) is 101 Å². The summed E-state index contributed by atoms with van der Waals surface area (Å²) in [6.45, 7) is 0.681. The van der Waals surface area contributed by atoms with Crippen LogP contribution in [-0.2, 0) is 10.0 Å². The van der Waals surface area contributed by atoms with E-state index < -0.39 is 15.8 Å². The van der Waals surface area contributed by atoms with Crippen molar-refractivity contribution in [1.29, 1.82) is 0 Å². The summed E-state index contributed by atoms with van der Waals surface area (Å²) in [6, 6.07) is 20.2. The standard InChI is InChI=1S/C24H21FN2O4S/c25-21-7-4-8-22(17-21)32(30,31)27-15-13-26(14-16-27)24(29)20-11-9-19(10-12-20)23(28)18-5-2-1-3-6-18/h1-12,17H,13-16H2. The van der Waals surface area contributed by atoms with Gasteiger partial charge in [-0.15, -0.1) is 0 Å². The molecule has 0 atom stereocenters. The van der Waals surface area contributed by atoms with Gasteiger partial charge in [0, 0.05) is 42.9 Å². The highest BCUT2D eigenvalue weighted by Crippen LogP contribution is 2.20. The summed E-state index contributed by atoms with van der Waals surface area (Å²) < 4.78 is 40.2. The Hall–Kier alpha value is -3.36. The van der Waals surface area contributed by atoms with Crippen LogP contribution in [0.3, 0.4) is 0 Å². The molecule has 6 nitrogen and oxygen atoms in total. The molecule has 3 aromatic rings. The average molecular weight is 453 g/mol. The zero-order valence-electron chi connectivity index (χ0n) is 17.1. The van der Waals surface area contributed by atoms with Crippen molar-refractivity contribution in [3.8, 4) is 0 Å². The molecule has 1 aliphatic rings. The van der Waals surface area contributed by atoms with Crippen LogP contribution in [0.1, 0.15) is 26.3 Å². The highest BCUT2D eigenvalue weighted by atomic mass is 32.2. The van der Waals surface area contributed by atoms with Crippen LogP contribution in [0.5, 0.6) is 0 Å². The van der Waals surface area contributed by atoms with E-state index in [4.69, 9.17) is 0 Å². The minimum Gasteiger partial charge on any atom is -0.336 e. The number of rotatable bonds is 5. The van der Waals surface area contributed by atoms with Crippen molar-refractivity contribution in [2.24, 2.45) is 0 Å². The Morgan fingerprint density at radius 3 is 1.94 bits per heavy atom. The molecule has 164 valence electrons. The number of ketones is 1. The molecular formula is C24H21FN2O4S. The second-order valence-corrected chi connectivity index (χ2v) is 9.36. The van der Waals surface area contributed by atoms with Crippen molar-refractivity contribution in [2.75, 3.05) is 26.2 Å². The number of hydrogen-bond donors (Lipinski definition) is 0. The number of benzene rings is 3. The monoisotopic (exact) mass is 452 g/mol. The van der Waals surface area contributed by atoms with Crippen LogP contribution in [0.25, 0.3) is 0 Å². The zero-order valence-corrected chi connectivity index (χ0v) is 18.0. The number of halogens is 1. The second kappa shape index (κ2) is 9.02. The maximum atomic E-state index is 13.4. The third-order valence-electron chi connectivity index (χ3n) is 5.39. The minimum absolute atomic E-state index is 0.101. The van der Waals surface area contributed by atoms with Gasteiger partial charge in [-0.25, -0.2) is 12.8 Å². The summed E-state index contributed by atoms with van der Waals surface area (Å²) in [6.07, 6.45) is 0. The van der Waals surface area contributed by atoms with E-state index >= 15 is 0 Å². The third kappa shape index (κ3) is 4.46. The Labute approximate surface area is 185 Å². The molecular weight excluding hydrogens is 431 g/mol. The van der Waals surface area contributed by atoms with Crippen LogP contribution in [0.15, 0.2) is 83.8 Å². The van der Waals surface area contributed by atoms with Crippen LogP contribution in [-0.4, -0.2) is 55.5 Å². The molecule has 1 aliphatic heterocycles. The van der Waals surface area contributed by atoms with Crippen LogP contribution >= 0.6 is 0 Å². The lowest BCUT2D eigenvalue weighted by Crippen LogP contribution is -2.50. The van der Waals surface area contributed by atoms with Gasteiger partial charge in [0.25, 0.3) is 5.91 Å². The van der Waals surface area contributed by atoms with Crippen molar-refractivity contribution in [2.45, 2.75) is 4.90 Å². The number of piperazine rings is 1. The van der Waals surface area contributed by atoms with Gasteiger partial charge < -0.3 is 4.90 Å². The first-order valence-corrected chi connectivity index (χ1v) is 11.5. The topological polar surface area (TPSA) is 74.8 Å². The molecule has 0 radical (unpaired) electrons. The number of carbonyl (C=O) groups is 2. The fourth-order valence-electron chi connectivity index (χ4n) is 3.61. The van der Waals surface area contributed by atoms with Gasteiger partial charge in [-0.1, -0.05) is 48.5 Å².